The number of amides is 1. The second-order valence-electron chi connectivity index (χ2n) is 9.82. The summed E-state index contributed by atoms with van der Waals surface area (Å²) in [5, 5.41) is 5.03. The number of halogens is 1. The second-order valence-corrected chi connectivity index (χ2v) is 9.82. The molecule has 4 aromatic rings. The van der Waals surface area contributed by atoms with Crippen LogP contribution in [0.1, 0.15) is 28.1 Å². The number of fused-ring (bicyclic) bond motifs is 1. The van der Waals surface area contributed by atoms with E-state index >= 15 is 0 Å². The lowest BCUT2D eigenvalue weighted by molar-refractivity contribution is -0.129. The maximum atomic E-state index is 13.4. The fourth-order valence-corrected chi connectivity index (χ4v) is 5.02. The molecule has 0 saturated heterocycles. The Balaban J connectivity index is 1.41. The number of hydrogen-bond acceptors (Lipinski definition) is 5. The van der Waals surface area contributed by atoms with Crippen LogP contribution in [0.3, 0.4) is 0 Å². The van der Waals surface area contributed by atoms with Gasteiger partial charge in [0.2, 0.25) is 5.91 Å². The molecule has 39 heavy (non-hydrogen) atoms. The van der Waals surface area contributed by atoms with E-state index in [1.165, 1.54) is 12.1 Å². The minimum Gasteiger partial charge on any atom is -0.497 e. The minimum absolute atomic E-state index is 0.0136. The Bertz CT molecular complexity index is 1430. The molecule has 0 saturated carbocycles. The Morgan fingerprint density at radius 3 is 2.41 bits per heavy atom. The molecule has 0 unspecified atom stereocenters. The van der Waals surface area contributed by atoms with Gasteiger partial charge in [0.05, 0.1) is 38.6 Å². The predicted octanol–water partition coefficient (Wildman–Crippen LogP) is 4.79. The van der Waals surface area contributed by atoms with Crippen molar-refractivity contribution in [3.8, 4) is 17.2 Å². The van der Waals surface area contributed by atoms with E-state index in [-0.39, 0.29) is 11.7 Å². The third kappa shape index (κ3) is 5.96. The molecule has 0 spiro atoms. The van der Waals surface area contributed by atoms with Gasteiger partial charge in [-0.05, 0) is 47.5 Å². The molecule has 5 rings (SSSR count). The van der Waals surface area contributed by atoms with Gasteiger partial charge in [-0.3, -0.25) is 9.69 Å². The van der Waals surface area contributed by atoms with Crippen molar-refractivity contribution in [1.82, 2.24) is 19.6 Å². The van der Waals surface area contributed by atoms with Crippen LogP contribution >= 0.6 is 0 Å². The van der Waals surface area contributed by atoms with E-state index in [2.05, 4.69) is 4.90 Å². The molecule has 202 valence electrons. The van der Waals surface area contributed by atoms with Crippen molar-refractivity contribution < 1.29 is 18.7 Å². The largest absolute Gasteiger partial charge is 0.497 e. The first kappa shape index (κ1) is 26.4. The third-order valence-electron chi connectivity index (χ3n) is 7.18. The highest BCUT2D eigenvalue weighted by Gasteiger charge is 2.27. The molecular formula is C31H33FN4O3. The van der Waals surface area contributed by atoms with Crippen LogP contribution in [0, 0.1) is 5.82 Å². The average molecular weight is 529 g/mol. The summed E-state index contributed by atoms with van der Waals surface area (Å²) in [5.41, 5.74) is 5.98. The van der Waals surface area contributed by atoms with Crippen LogP contribution in [-0.2, 0) is 37.3 Å². The minimum atomic E-state index is -0.234. The molecule has 0 atom stereocenters. The zero-order valence-electron chi connectivity index (χ0n) is 22.6. The highest BCUT2D eigenvalue weighted by Crippen LogP contribution is 2.30. The fourth-order valence-electron chi connectivity index (χ4n) is 5.02. The van der Waals surface area contributed by atoms with E-state index in [4.69, 9.17) is 14.6 Å². The molecule has 0 bridgehead atoms. The lowest BCUT2D eigenvalue weighted by Crippen LogP contribution is -2.32. The maximum Gasteiger partial charge on any atom is 0.227 e. The van der Waals surface area contributed by atoms with Gasteiger partial charge in [0.1, 0.15) is 23.0 Å². The maximum absolute atomic E-state index is 13.4. The molecule has 1 amide bonds. The van der Waals surface area contributed by atoms with Gasteiger partial charge in [-0.25, -0.2) is 9.07 Å². The van der Waals surface area contributed by atoms with Gasteiger partial charge in [0.25, 0.3) is 0 Å². The molecule has 1 aromatic heterocycles. The number of para-hydroxylation sites is 2. The molecule has 1 aliphatic rings. The van der Waals surface area contributed by atoms with Crippen LogP contribution < -0.4 is 9.47 Å². The normalized spacial score (nSPS) is 13.1. The van der Waals surface area contributed by atoms with Crippen LogP contribution in [0.2, 0.25) is 0 Å². The summed E-state index contributed by atoms with van der Waals surface area (Å²) in [7, 11) is 5.10. The first-order valence-electron chi connectivity index (χ1n) is 13.0. The Kier molecular flexibility index (Phi) is 7.93. The second kappa shape index (κ2) is 11.7. The number of aromatic nitrogens is 2. The number of carbonyl (C=O) groups is 1. The first-order valence-corrected chi connectivity index (χ1v) is 13.0. The molecule has 7 nitrogen and oxygen atoms in total. The van der Waals surface area contributed by atoms with Gasteiger partial charge in [0, 0.05) is 38.7 Å². The van der Waals surface area contributed by atoms with Gasteiger partial charge in [-0.1, -0.05) is 36.4 Å². The van der Waals surface area contributed by atoms with Gasteiger partial charge in [0.15, 0.2) is 0 Å². The fraction of sp³-hybridized carbons (Fsp3) is 0.290. The average Bonchev–Trinajstić information content (AvgIpc) is 3.31. The van der Waals surface area contributed by atoms with E-state index in [0.29, 0.717) is 26.1 Å². The zero-order chi connectivity index (χ0) is 27.4. The number of hydrogen-bond donors (Lipinski definition) is 0. The van der Waals surface area contributed by atoms with Gasteiger partial charge < -0.3 is 14.4 Å². The summed E-state index contributed by atoms with van der Waals surface area (Å²) in [6.45, 7) is 2.64. The lowest BCUT2D eigenvalue weighted by Gasteiger charge is -2.28. The summed E-state index contributed by atoms with van der Waals surface area (Å²) in [6.07, 6.45) is 1.09. The molecule has 0 aliphatic carbocycles. The summed E-state index contributed by atoms with van der Waals surface area (Å²) >= 11 is 0. The summed E-state index contributed by atoms with van der Waals surface area (Å²) in [4.78, 5) is 17.2. The number of ether oxygens (including phenoxy) is 2. The highest BCUT2D eigenvalue weighted by molar-refractivity contribution is 5.78. The highest BCUT2D eigenvalue weighted by atomic mass is 19.1. The quantitative estimate of drug-likeness (QED) is 0.313. The molecular weight excluding hydrogens is 495 g/mol. The zero-order valence-corrected chi connectivity index (χ0v) is 22.6. The smallest absolute Gasteiger partial charge is 0.227 e. The third-order valence-corrected chi connectivity index (χ3v) is 7.18. The van der Waals surface area contributed by atoms with Crippen molar-refractivity contribution in [3.05, 3.63) is 107 Å². The van der Waals surface area contributed by atoms with Crippen molar-refractivity contribution in [1.29, 1.82) is 0 Å². The summed E-state index contributed by atoms with van der Waals surface area (Å²) in [5.74, 6) is 1.28. The van der Waals surface area contributed by atoms with Gasteiger partial charge in [-0.15, -0.1) is 0 Å². The van der Waals surface area contributed by atoms with Crippen molar-refractivity contribution in [2.24, 2.45) is 0 Å². The SMILES string of the molecule is COc1ccc(CC(=O)N(C)Cc2nn(-c3ccccc3OC)c3c2CN(Cc2ccc(F)cc2)CC3)cc1. The van der Waals surface area contributed by atoms with E-state index in [1.807, 2.05) is 72.4 Å². The van der Waals surface area contributed by atoms with E-state index in [9.17, 15) is 9.18 Å². The van der Waals surface area contributed by atoms with E-state index < -0.39 is 0 Å². The van der Waals surface area contributed by atoms with Crippen LogP contribution in [0.15, 0.2) is 72.8 Å². The van der Waals surface area contributed by atoms with Crippen LogP contribution in [0.5, 0.6) is 11.5 Å². The molecule has 1 aliphatic heterocycles. The van der Waals surface area contributed by atoms with Crippen LogP contribution in [0.25, 0.3) is 5.69 Å². The number of carbonyl (C=O) groups excluding carboxylic acids is 1. The monoisotopic (exact) mass is 528 g/mol. The Labute approximate surface area is 228 Å². The molecule has 0 fully saturated rings. The Hall–Kier alpha value is -4.17. The Morgan fingerprint density at radius 2 is 1.69 bits per heavy atom. The van der Waals surface area contributed by atoms with Gasteiger partial charge >= 0.3 is 0 Å². The number of likely N-dealkylation sites (N-methyl/N-ethyl adjacent to an activating group) is 1. The van der Waals surface area contributed by atoms with Gasteiger partial charge in [-0.2, -0.15) is 5.10 Å². The number of rotatable bonds is 9. The number of nitrogens with zero attached hydrogens (tertiary/aromatic N) is 4. The molecule has 3 aromatic carbocycles. The number of methoxy groups -OCH3 is 2. The summed E-state index contributed by atoms with van der Waals surface area (Å²) < 4.78 is 26.3. The van der Waals surface area contributed by atoms with Crippen LogP contribution in [-0.4, -0.2) is 53.3 Å². The van der Waals surface area contributed by atoms with E-state index in [0.717, 1.165) is 58.2 Å². The molecule has 0 N–H and O–H groups in total. The lowest BCUT2D eigenvalue weighted by atomic mass is 10.0. The topological polar surface area (TPSA) is 59.8 Å². The van der Waals surface area contributed by atoms with Crippen molar-refractivity contribution >= 4 is 5.91 Å². The summed E-state index contributed by atoms with van der Waals surface area (Å²) in [6, 6.07) is 22.1. The standard InChI is InChI=1S/C31H33FN4O3/c1-34(31(37)18-22-10-14-25(38-2)15-11-22)21-27-26-20-35(19-23-8-12-24(32)13-9-23)17-16-28(26)36(33-27)29-6-4-5-7-30(29)39-3/h4-15H,16-21H2,1-3H3. The van der Waals surface area contributed by atoms with Crippen molar-refractivity contribution in [2.45, 2.75) is 32.5 Å². The van der Waals surface area contributed by atoms with Crippen molar-refractivity contribution in [3.63, 3.8) is 0 Å². The van der Waals surface area contributed by atoms with Crippen LogP contribution in [0.4, 0.5) is 4.39 Å². The predicted molar refractivity (Wildman–Crippen MR) is 148 cm³/mol. The molecule has 8 heteroatoms. The van der Waals surface area contributed by atoms with Crippen molar-refractivity contribution in [2.75, 3.05) is 27.8 Å². The Morgan fingerprint density at radius 1 is 0.974 bits per heavy atom. The van der Waals surface area contributed by atoms with E-state index in [1.54, 1.807) is 19.1 Å². The number of benzene rings is 3. The molecule has 0 radical (unpaired) electrons. The first-order chi connectivity index (χ1) is 18.9. The molecule has 2 heterocycles.